The molecule has 6 heteroatoms. The lowest BCUT2D eigenvalue weighted by Crippen LogP contribution is -2.47. The second kappa shape index (κ2) is 8.61. The summed E-state index contributed by atoms with van der Waals surface area (Å²) in [6.45, 7) is 5.53. The Balaban J connectivity index is 1.30. The quantitative estimate of drug-likeness (QED) is 0.625. The number of anilines is 2. The van der Waals surface area contributed by atoms with Gasteiger partial charge >= 0.3 is 0 Å². The van der Waals surface area contributed by atoms with Gasteiger partial charge in [-0.15, -0.1) is 0 Å². The van der Waals surface area contributed by atoms with E-state index in [0.29, 0.717) is 12.0 Å². The van der Waals surface area contributed by atoms with Gasteiger partial charge in [-0.2, -0.15) is 0 Å². The van der Waals surface area contributed by atoms with E-state index in [1.54, 1.807) is 13.3 Å². The van der Waals surface area contributed by atoms with Gasteiger partial charge in [-0.1, -0.05) is 35.9 Å². The van der Waals surface area contributed by atoms with Crippen LogP contribution >= 0.6 is 0 Å². The number of aromatic nitrogens is 2. The number of carbonyl (C=O) groups excluding carboxylic acids is 1. The zero-order chi connectivity index (χ0) is 22.1. The van der Waals surface area contributed by atoms with Crippen molar-refractivity contribution in [1.82, 2.24) is 9.97 Å². The highest BCUT2D eigenvalue weighted by molar-refractivity contribution is 5.98. The summed E-state index contributed by atoms with van der Waals surface area (Å²) in [7, 11) is 1.69. The Morgan fingerprint density at radius 1 is 0.969 bits per heavy atom. The first kappa shape index (κ1) is 20.5. The second-order valence-corrected chi connectivity index (χ2v) is 8.64. The molecular formula is C26H28N4O2. The van der Waals surface area contributed by atoms with Crippen molar-refractivity contribution in [3.8, 4) is 5.75 Å². The lowest BCUT2D eigenvalue weighted by atomic mass is 9.82. The summed E-state index contributed by atoms with van der Waals surface area (Å²) in [6, 6.07) is 16.7. The van der Waals surface area contributed by atoms with Gasteiger partial charge in [-0.05, 0) is 37.0 Å². The van der Waals surface area contributed by atoms with E-state index in [1.165, 1.54) is 16.8 Å². The molecule has 0 radical (unpaired) electrons. The van der Waals surface area contributed by atoms with E-state index in [4.69, 9.17) is 9.72 Å². The summed E-state index contributed by atoms with van der Waals surface area (Å²) in [5.41, 5.74) is 5.18. The molecule has 0 N–H and O–H groups in total. The number of ether oxygens (including phenoxy) is 1. The third-order valence-corrected chi connectivity index (χ3v) is 6.56. The van der Waals surface area contributed by atoms with Gasteiger partial charge in [0.1, 0.15) is 5.75 Å². The fourth-order valence-corrected chi connectivity index (χ4v) is 4.63. The molecule has 5 rings (SSSR count). The first-order chi connectivity index (χ1) is 15.6. The van der Waals surface area contributed by atoms with Gasteiger partial charge in [0.05, 0.1) is 18.4 Å². The number of rotatable bonds is 4. The molecule has 0 spiro atoms. The molecule has 1 unspecified atom stereocenters. The van der Waals surface area contributed by atoms with Crippen LogP contribution in [-0.2, 0) is 6.42 Å². The molecule has 6 nitrogen and oxygen atoms in total. The molecule has 0 bridgehead atoms. The molecule has 164 valence electrons. The first-order valence-electron chi connectivity index (χ1n) is 11.2. The van der Waals surface area contributed by atoms with Gasteiger partial charge in [0.2, 0.25) is 5.95 Å². The van der Waals surface area contributed by atoms with Crippen LogP contribution in [0.3, 0.4) is 0 Å². The lowest BCUT2D eigenvalue weighted by molar-refractivity contribution is 0.0962. The molecule has 3 aromatic rings. The van der Waals surface area contributed by atoms with Crippen molar-refractivity contribution in [2.45, 2.75) is 25.7 Å². The Kier molecular flexibility index (Phi) is 5.52. The number of piperazine rings is 1. The highest BCUT2D eigenvalue weighted by atomic mass is 16.5. The van der Waals surface area contributed by atoms with Crippen molar-refractivity contribution in [3.05, 3.63) is 77.1 Å². The van der Waals surface area contributed by atoms with E-state index in [0.717, 1.165) is 50.0 Å². The summed E-state index contributed by atoms with van der Waals surface area (Å²) < 4.78 is 5.36. The average molecular weight is 429 g/mol. The summed E-state index contributed by atoms with van der Waals surface area (Å²) in [4.78, 5) is 26.8. The molecule has 1 fully saturated rings. The van der Waals surface area contributed by atoms with Gasteiger partial charge in [-0.3, -0.25) is 4.79 Å². The standard InChI is InChI=1S/C26H28N4O2/c1-18-6-8-19(9-7-18)20-14-24-23(25(31)15-20)17-27-26(28-24)30-12-10-29(11-13-30)21-4-3-5-22(16-21)32-2/h3-9,16-17,20H,10-15H2,1-2H3. The molecule has 32 heavy (non-hydrogen) atoms. The lowest BCUT2D eigenvalue weighted by Gasteiger charge is -2.36. The van der Waals surface area contributed by atoms with Crippen LogP contribution in [0.4, 0.5) is 11.6 Å². The van der Waals surface area contributed by atoms with E-state index >= 15 is 0 Å². The number of carbonyl (C=O) groups is 1. The maximum Gasteiger partial charge on any atom is 0.225 e. The Labute approximate surface area is 188 Å². The van der Waals surface area contributed by atoms with Crippen LogP contribution in [0.25, 0.3) is 0 Å². The molecule has 2 aliphatic rings. The molecule has 1 aliphatic heterocycles. The van der Waals surface area contributed by atoms with Crippen LogP contribution < -0.4 is 14.5 Å². The summed E-state index contributed by atoms with van der Waals surface area (Å²) >= 11 is 0. The fourth-order valence-electron chi connectivity index (χ4n) is 4.63. The van der Waals surface area contributed by atoms with Gasteiger partial charge in [-0.25, -0.2) is 9.97 Å². The third kappa shape index (κ3) is 4.05. The Bertz CT molecular complexity index is 1120. The minimum absolute atomic E-state index is 0.145. The third-order valence-electron chi connectivity index (χ3n) is 6.56. The number of hydrogen-bond donors (Lipinski definition) is 0. The van der Waals surface area contributed by atoms with E-state index in [-0.39, 0.29) is 11.7 Å². The Hall–Kier alpha value is -3.41. The largest absolute Gasteiger partial charge is 0.497 e. The smallest absolute Gasteiger partial charge is 0.225 e. The predicted molar refractivity (Wildman–Crippen MR) is 126 cm³/mol. The number of Topliss-reactive ketones (excluding diaryl/α,β-unsaturated/α-hetero) is 1. The van der Waals surface area contributed by atoms with Gasteiger partial charge < -0.3 is 14.5 Å². The monoisotopic (exact) mass is 428 g/mol. The topological polar surface area (TPSA) is 58.6 Å². The van der Waals surface area contributed by atoms with Crippen molar-refractivity contribution < 1.29 is 9.53 Å². The number of benzene rings is 2. The Morgan fingerprint density at radius 2 is 1.72 bits per heavy atom. The molecule has 1 saturated heterocycles. The van der Waals surface area contributed by atoms with Crippen LogP contribution in [0.1, 0.15) is 39.5 Å². The maximum absolute atomic E-state index is 12.8. The van der Waals surface area contributed by atoms with Crippen molar-refractivity contribution in [3.63, 3.8) is 0 Å². The highest BCUT2D eigenvalue weighted by Gasteiger charge is 2.29. The number of aryl methyl sites for hydroxylation is 1. The highest BCUT2D eigenvalue weighted by Crippen LogP contribution is 2.32. The zero-order valence-corrected chi connectivity index (χ0v) is 18.6. The normalized spacial score (nSPS) is 18.4. The predicted octanol–water partition coefficient (Wildman–Crippen LogP) is 4.03. The molecule has 1 aromatic heterocycles. The minimum Gasteiger partial charge on any atom is -0.497 e. The van der Waals surface area contributed by atoms with Crippen LogP contribution in [0.2, 0.25) is 0 Å². The Morgan fingerprint density at radius 3 is 2.47 bits per heavy atom. The summed E-state index contributed by atoms with van der Waals surface area (Å²) in [5.74, 6) is 1.93. The second-order valence-electron chi connectivity index (χ2n) is 8.64. The van der Waals surface area contributed by atoms with Gasteiger partial charge in [0.25, 0.3) is 0 Å². The van der Waals surface area contributed by atoms with Crippen molar-refractivity contribution in [2.75, 3.05) is 43.1 Å². The van der Waals surface area contributed by atoms with Crippen LogP contribution in [-0.4, -0.2) is 49.0 Å². The van der Waals surface area contributed by atoms with E-state index in [1.807, 2.05) is 12.1 Å². The number of hydrogen-bond acceptors (Lipinski definition) is 6. The summed E-state index contributed by atoms with van der Waals surface area (Å²) in [5, 5.41) is 0. The molecule has 2 aromatic carbocycles. The van der Waals surface area contributed by atoms with Crippen LogP contribution in [0.15, 0.2) is 54.7 Å². The molecule has 0 saturated carbocycles. The van der Waals surface area contributed by atoms with Gasteiger partial charge in [0.15, 0.2) is 5.78 Å². The van der Waals surface area contributed by atoms with Crippen molar-refractivity contribution >= 4 is 17.4 Å². The number of methoxy groups -OCH3 is 1. The molecule has 1 atom stereocenters. The van der Waals surface area contributed by atoms with Crippen molar-refractivity contribution in [2.24, 2.45) is 0 Å². The maximum atomic E-state index is 12.8. The molecule has 1 aliphatic carbocycles. The number of ketones is 1. The van der Waals surface area contributed by atoms with Crippen LogP contribution in [0.5, 0.6) is 5.75 Å². The van der Waals surface area contributed by atoms with E-state index in [2.05, 4.69) is 58.1 Å². The zero-order valence-electron chi connectivity index (χ0n) is 18.6. The van der Waals surface area contributed by atoms with E-state index < -0.39 is 0 Å². The number of fused-ring (bicyclic) bond motifs is 1. The van der Waals surface area contributed by atoms with Crippen LogP contribution in [0, 0.1) is 6.92 Å². The molecule has 0 amide bonds. The van der Waals surface area contributed by atoms with Crippen molar-refractivity contribution in [1.29, 1.82) is 0 Å². The number of nitrogens with zero attached hydrogens (tertiary/aromatic N) is 4. The average Bonchev–Trinajstić information content (AvgIpc) is 2.84. The van der Waals surface area contributed by atoms with Gasteiger partial charge in [0, 0.05) is 50.6 Å². The van der Waals surface area contributed by atoms with E-state index in [9.17, 15) is 4.79 Å². The first-order valence-corrected chi connectivity index (χ1v) is 11.2. The summed E-state index contributed by atoms with van der Waals surface area (Å²) in [6.07, 6.45) is 3.04. The molecule has 2 heterocycles. The fraction of sp³-hybridized carbons (Fsp3) is 0.346. The minimum atomic E-state index is 0.145. The SMILES string of the molecule is COc1cccc(N2CCN(c3ncc4c(n3)CC(c3ccc(C)cc3)CC4=O)CC2)c1. The molecular weight excluding hydrogens is 400 g/mol.